The van der Waals surface area contributed by atoms with E-state index in [1.54, 1.807) is 6.07 Å². The normalized spacial score (nSPS) is 24.5. The first-order chi connectivity index (χ1) is 9.61. The van der Waals surface area contributed by atoms with E-state index in [0.29, 0.717) is 17.6 Å². The van der Waals surface area contributed by atoms with Gasteiger partial charge in [0.1, 0.15) is 5.76 Å². The second-order valence-corrected chi connectivity index (χ2v) is 5.62. The molecule has 0 spiro atoms. The maximum absolute atomic E-state index is 10.8. The third-order valence-corrected chi connectivity index (χ3v) is 4.25. The van der Waals surface area contributed by atoms with Crippen LogP contribution in [0.2, 0.25) is 0 Å². The van der Waals surface area contributed by atoms with Crippen molar-refractivity contribution in [2.45, 2.75) is 38.6 Å². The molecule has 5 nitrogen and oxygen atoms in total. The second-order valence-electron chi connectivity index (χ2n) is 5.62. The summed E-state index contributed by atoms with van der Waals surface area (Å²) >= 11 is 0. The van der Waals surface area contributed by atoms with Crippen LogP contribution in [0.5, 0.6) is 0 Å². The largest absolute Gasteiger partial charge is 0.475 e. The summed E-state index contributed by atoms with van der Waals surface area (Å²) in [7, 11) is 0. The molecule has 1 aromatic heterocycles. The zero-order valence-corrected chi connectivity index (χ0v) is 11.8. The van der Waals surface area contributed by atoms with Crippen LogP contribution in [0.15, 0.2) is 16.5 Å². The Kier molecular flexibility index (Phi) is 5.20. The van der Waals surface area contributed by atoms with Gasteiger partial charge in [0.15, 0.2) is 0 Å². The number of rotatable bonds is 6. The quantitative estimate of drug-likeness (QED) is 0.746. The highest BCUT2D eigenvalue weighted by molar-refractivity contribution is 5.84. The Balaban J connectivity index is 1.87. The maximum Gasteiger partial charge on any atom is 0.371 e. The maximum atomic E-state index is 10.8. The third-order valence-electron chi connectivity index (χ3n) is 4.25. The van der Waals surface area contributed by atoms with Crippen molar-refractivity contribution in [1.82, 2.24) is 5.32 Å². The van der Waals surface area contributed by atoms with Crippen LogP contribution in [-0.2, 0) is 0 Å². The summed E-state index contributed by atoms with van der Waals surface area (Å²) in [5, 5.41) is 21.6. The molecular formula is C15H23NO4. The Hall–Kier alpha value is -1.33. The summed E-state index contributed by atoms with van der Waals surface area (Å²) in [6.07, 6.45) is 4.67. The van der Waals surface area contributed by atoms with E-state index in [2.05, 4.69) is 5.32 Å². The fourth-order valence-corrected chi connectivity index (χ4v) is 2.92. The minimum atomic E-state index is -1.05. The number of aliphatic hydroxyl groups is 1. The Morgan fingerprint density at radius 1 is 1.40 bits per heavy atom. The summed E-state index contributed by atoms with van der Waals surface area (Å²) in [6, 6.07) is 3.16. The Morgan fingerprint density at radius 2 is 2.10 bits per heavy atom. The zero-order chi connectivity index (χ0) is 14.5. The first-order valence-corrected chi connectivity index (χ1v) is 7.29. The van der Waals surface area contributed by atoms with Gasteiger partial charge >= 0.3 is 5.97 Å². The highest BCUT2D eigenvalue weighted by Gasteiger charge is 2.25. The van der Waals surface area contributed by atoms with Crippen molar-refractivity contribution in [3.05, 3.63) is 23.7 Å². The van der Waals surface area contributed by atoms with Gasteiger partial charge in [0.25, 0.3) is 0 Å². The van der Waals surface area contributed by atoms with E-state index in [9.17, 15) is 9.90 Å². The van der Waals surface area contributed by atoms with Crippen LogP contribution in [0.1, 0.15) is 55.0 Å². The van der Waals surface area contributed by atoms with Crippen molar-refractivity contribution < 1.29 is 19.4 Å². The third kappa shape index (κ3) is 3.61. The number of furan rings is 1. The number of aliphatic hydroxyl groups excluding tert-OH is 1. The number of carboxylic acids is 1. The van der Waals surface area contributed by atoms with Gasteiger partial charge in [-0.25, -0.2) is 4.79 Å². The summed E-state index contributed by atoms with van der Waals surface area (Å²) < 4.78 is 5.29. The van der Waals surface area contributed by atoms with Gasteiger partial charge < -0.3 is 19.9 Å². The molecule has 5 heteroatoms. The van der Waals surface area contributed by atoms with Crippen molar-refractivity contribution in [3.63, 3.8) is 0 Å². The van der Waals surface area contributed by atoms with Crippen LogP contribution < -0.4 is 5.32 Å². The van der Waals surface area contributed by atoms with E-state index in [0.717, 1.165) is 19.4 Å². The molecule has 1 fully saturated rings. The van der Waals surface area contributed by atoms with E-state index >= 15 is 0 Å². The smallest absolute Gasteiger partial charge is 0.371 e. The van der Waals surface area contributed by atoms with Gasteiger partial charge in [-0.05, 0) is 50.3 Å². The fraction of sp³-hybridized carbons (Fsp3) is 0.667. The number of hydrogen-bond donors (Lipinski definition) is 3. The van der Waals surface area contributed by atoms with Crippen LogP contribution in [0.25, 0.3) is 0 Å². The van der Waals surface area contributed by atoms with Crippen molar-refractivity contribution in [1.29, 1.82) is 0 Å². The van der Waals surface area contributed by atoms with Gasteiger partial charge in [-0.3, -0.25) is 0 Å². The predicted molar refractivity (Wildman–Crippen MR) is 74.6 cm³/mol. The lowest BCUT2D eigenvalue weighted by atomic mass is 9.79. The summed E-state index contributed by atoms with van der Waals surface area (Å²) in [5.41, 5.74) is 0. The molecule has 20 heavy (non-hydrogen) atoms. The molecule has 0 radical (unpaired) electrons. The van der Waals surface area contributed by atoms with E-state index in [1.165, 1.54) is 18.9 Å². The van der Waals surface area contributed by atoms with Gasteiger partial charge in [-0.1, -0.05) is 12.8 Å². The number of nitrogens with one attached hydrogen (secondary N) is 1. The molecule has 3 unspecified atom stereocenters. The van der Waals surface area contributed by atoms with Gasteiger partial charge in [0, 0.05) is 6.61 Å². The van der Waals surface area contributed by atoms with E-state index < -0.39 is 5.97 Å². The minimum absolute atomic E-state index is 0.0237. The molecule has 0 amide bonds. The monoisotopic (exact) mass is 281 g/mol. The van der Waals surface area contributed by atoms with E-state index in [4.69, 9.17) is 9.52 Å². The topological polar surface area (TPSA) is 82.7 Å². The number of hydrogen-bond acceptors (Lipinski definition) is 4. The lowest BCUT2D eigenvalue weighted by Gasteiger charge is -2.31. The lowest BCUT2D eigenvalue weighted by molar-refractivity contribution is 0.0659. The SMILES string of the molecule is CC(NCC1CCCCC1CO)c1ccc(C(=O)O)o1. The summed E-state index contributed by atoms with van der Waals surface area (Å²) in [6.45, 7) is 3.04. The van der Waals surface area contributed by atoms with Gasteiger partial charge in [0.05, 0.1) is 6.04 Å². The lowest BCUT2D eigenvalue weighted by Crippen LogP contribution is -2.33. The molecule has 0 aromatic carbocycles. The summed E-state index contributed by atoms with van der Waals surface area (Å²) in [4.78, 5) is 10.8. The molecule has 112 valence electrons. The standard InChI is InChI=1S/C15H23NO4/c1-10(13-6-7-14(20-13)15(18)19)16-8-11-4-2-3-5-12(11)9-17/h6-7,10-12,16-17H,2-5,8-9H2,1H3,(H,18,19). The molecule has 2 rings (SSSR count). The molecule has 3 N–H and O–H groups in total. The van der Waals surface area contributed by atoms with Crippen molar-refractivity contribution in [2.75, 3.05) is 13.2 Å². The van der Waals surface area contributed by atoms with Crippen molar-refractivity contribution >= 4 is 5.97 Å². The molecule has 0 aliphatic heterocycles. The zero-order valence-electron chi connectivity index (χ0n) is 11.8. The predicted octanol–water partition coefficient (Wildman–Crippen LogP) is 2.43. The average molecular weight is 281 g/mol. The Labute approximate surface area is 119 Å². The fourth-order valence-electron chi connectivity index (χ4n) is 2.92. The molecule has 0 bridgehead atoms. The highest BCUT2D eigenvalue weighted by Crippen LogP contribution is 2.29. The molecule has 1 aliphatic carbocycles. The van der Waals surface area contributed by atoms with Crippen LogP contribution >= 0.6 is 0 Å². The molecule has 0 saturated heterocycles. The highest BCUT2D eigenvalue weighted by atomic mass is 16.4. The summed E-state index contributed by atoms with van der Waals surface area (Å²) in [5.74, 6) is 0.439. The molecule has 1 heterocycles. The van der Waals surface area contributed by atoms with Crippen LogP contribution in [0.3, 0.4) is 0 Å². The molecule has 1 saturated carbocycles. The second kappa shape index (κ2) is 6.90. The number of carboxylic acid groups (broad SMARTS) is 1. The van der Waals surface area contributed by atoms with Gasteiger partial charge in [-0.2, -0.15) is 0 Å². The van der Waals surface area contributed by atoms with E-state index in [-0.39, 0.29) is 18.4 Å². The first-order valence-electron chi connectivity index (χ1n) is 7.29. The van der Waals surface area contributed by atoms with Crippen molar-refractivity contribution in [2.24, 2.45) is 11.8 Å². The first kappa shape index (κ1) is 15.1. The average Bonchev–Trinajstić information content (AvgIpc) is 2.95. The van der Waals surface area contributed by atoms with E-state index in [1.807, 2.05) is 6.92 Å². The Bertz CT molecular complexity index is 443. The molecule has 1 aromatic rings. The van der Waals surface area contributed by atoms with Crippen LogP contribution in [0.4, 0.5) is 0 Å². The minimum Gasteiger partial charge on any atom is -0.475 e. The number of carbonyl (C=O) groups is 1. The molecular weight excluding hydrogens is 258 g/mol. The van der Waals surface area contributed by atoms with Crippen LogP contribution in [0, 0.1) is 11.8 Å². The molecule has 1 aliphatic rings. The molecule has 3 atom stereocenters. The van der Waals surface area contributed by atoms with Crippen LogP contribution in [-0.4, -0.2) is 29.3 Å². The van der Waals surface area contributed by atoms with Gasteiger partial charge in [0.2, 0.25) is 5.76 Å². The number of aromatic carboxylic acids is 1. The Morgan fingerprint density at radius 3 is 2.70 bits per heavy atom. The van der Waals surface area contributed by atoms with Crippen molar-refractivity contribution in [3.8, 4) is 0 Å². The van der Waals surface area contributed by atoms with Gasteiger partial charge in [-0.15, -0.1) is 0 Å².